The average Bonchev–Trinajstić information content (AvgIpc) is 3.37. The minimum Gasteiger partial charge on any atom is -0.494 e. The summed E-state index contributed by atoms with van der Waals surface area (Å²) in [5.74, 6) is -1.61. The van der Waals surface area contributed by atoms with Gasteiger partial charge in [-0.2, -0.15) is 13.2 Å². The van der Waals surface area contributed by atoms with Crippen molar-refractivity contribution in [2.45, 2.75) is 24.1 Å². The molecule has 2 aromatic heterocycles. The molecule has 0 aliphatic carbocycles. The van der Waals surface area contributed by atoms with Crippen LogP contribution in [0.15, 0.2) is 54.7 Å². The highest BCUT2D eigenvalue weighted by molar-refractivity contribution is 6.00. The molecule has 2 aromatic carbocycles. The molecule has 1 atom stereocenters. The Hall–Kier alpha value is -4.39. The highest BCUT2D eigenvalue weighted by Gasteiger charge is 2.57. The molecule has 1 aliphatic rings. The van der Waals surface area contributed by atoms with E-state index in [1.54, 1.807) is 19.2 Å². The maximum atomic E-state index is 14.6. The first-order chi connectivity index (χ1) is 20.4. The van der Waals surface area contributed by atoms with E-state index in [0.29, 0.717) is 10.9 Å². The third kappa shape index (κ3) is 5.22. The first-order valence-electron chi connectivity index (χ1n) is 12.9. The summed E-state index contributed by atoms with van der Waals surface area (Å²) in [6.45, 7) is -2.81. The predicted octanol–water partition coefficient (Wildman–Crippen LogP) is 5.50. The number of pyridine rings is 2. The van der Waals surface area contributed by atoms with Gasteiger partial charge in [0.05, 0.1) is 24.8 Å². The van der Waals surface area contributed by atoms with Crippen molar-refractivity contribution in [2.24, 2.45) is 0 Å². The van der Waals surface area contributed by atoms with E-state index in [2.05, 4.69) is 15.3 Å². The van der Waals surface area contributed by atoms with E-state index in [9.17, 15) is 36.2 Å². The van der Waals surface area contributed by atoms with Crippen LogP contribution < -0.4 is 14.8 Å². The monoisotopic (exact) mass is 605 g/mol. The zero-order valence-corrected chi connectivity index (χ0v) is 22.9. The number of nitrogens with zero attached hydrogens (tertiary/aromatic N) is 2. The molecule has 0 spiro atoms. The van der Waals surface area contributed by atoms with Crippen molar-refractivity contribution >= 4 is 16.8 Å². The first-order valence-corrected chi connectivity index (χ1v) is 12.9. The van der Waals surface area contributed by atoms with E-state index in [0.717, 1.165) is 23.8 Å². The maximum absolute atomic E-state index is 14.6. The summed E-state index contributed by atoms with van der Waals surface area (Å²) >= 11 is 0. The maximum Gasteiger partial charge on any atom is 0.424 e. The second kappa shape index (κ2) is 11.0. The predicted molar refractivity (Wildman–Crippen MR) is 144 cm³/mol. The van der Waals surface area contributed by atoms with Crippen molar-refractivity contribution in [3.63, 3.8) is 0 Å². The molecule has 0 saturated carbocycles. The van der Waals surface area contributed by atoms with Crippen LogP contribution in [-0.2, 0) is 11.0 Å². The van der Waals surface area contributed by atoms with Gasteiger partial charge in [-0.25, -0.2) is 18.2 Å². The third-order valence-electron chi connectivity index (χ3n) is 7.43. The number of rotatable bonds is 8. The molecule has 43 heavy (non-hydrogen) atoms. The van der Waals surface area contributed by atoms with Crippen LogP contribution in [0.2, 0.25) is 0 Å². The number of nitrogens with one attached hydrogen (secondary N) is 1. The van der Waals surface area contributed by atoms with Crippen molar-refractivity contribution in [2.75, 3.05) is 33.6 Å². The number of aryl methyl sites for hydroxylation is 1. The van der Waals surface area contributed by atoms with Crippen molar-refractivity contribution in [1.29, 1.82) is 0 Å². The lowest BCUT2D eigenvalue weighted by Crippen LogP contribution is -2.51. The summed E-state index contributed by atoms with van der Waals surface area (Å²) in [7, 11) is 1.34. The number of hydrogen-bond acceptors (Lipinski definition) is 6. The van der Waals surface area contributed by atoms with E-state index < -0.39 is 61.1 Å². The van der Waals surface area contributed by atoms with Gasteiger partial charge >= 0.3 is 6.18 Å². The van der Waals surface area contributed by atoms with Crippen molar-refractivity contribution in [1.82, 2.24) is 15.3 Å². The number of aromatic nitrogens is 2. The van der Waals surface area contributed by atoms with Crippen LogP contribution in [0.3, 0.4) is 0 Å². The first kappa shape index (κ1) is 30.1. The van der Waals surface area contributed by atoms with E-state index in [1.807, 2.05) is 0 Å². The Kier molecular flexibility index (Phi) is 7.71. The molecule has 4 aromatic rings. The number of amides is 1. The number of fused-ring (bicyclic) bond motifs is 2. The summed E-state index contributed by atoms with van der Waals surface area (Å²) in [4.78, 5) is 21.4. The van der Waals surface area contributed by atoms with Gasteiger partial charge in [-0.3, -0.25) is 9.78 Å². The Labute approximate surface area is 241 Å². The van der Waals surface area contributed by atoms with Gasteiger partial charge in [-0.1, -0.05) is 0 Å². The number of benzene rings is 2. The van der Waals surface area contributed by atoms with Gasteiger partial charge in [-0.15, -0.1) is 0 Å². The molecule has 5 rings (SSSR count). The number of hydrogen-bond donors (Lipinski definition) is 2. The minimum atomic E-state index is -5.42. The largest absolute Gasteiger partial charge is 0.494 e. The molecule has 1 amide bonds. The topological polar surface area (TPSA) is 93.6 Å². The molecule has 2 N–H and O–H groups in total. The Morgan fingerprint density at radius 3 is 2.44 bits per heavy atom. The Morgan fingerprint density at radius 1 is 1.12 bits per heavy atom. The quantitative estimate of drug-likeness (QED) is 0.258. The summed E-state index contributed by atoms with van der Waals surface area (Å²) in [6.07, 6.45) is -3.83. The van der Waals surface area contributed by atoms with Crippen molar-refractivity contribution in [3.8, 4) is 22.8 Å². The molecule has 1 aliphatic heterocycles. The van der Waals surface area contributed by atoms with Crippen molar-refractivity contribution in [3.05, 3.63) is 82.9 Å². The smallest absolute Gasteiger partial charge is 0.424 e. The number of alkyl halides is 5. The minimum absolute atomic E-state index is 0.0718. The number of carbonyl (C=O) groups excluding carboxylic acids is 1. The van der Waals surface area contributed by atoms with Crippen LogP contribution >= 0.6 is 0 Å². The lowest BCUT2D eigenvalue weighted by Gasteiger charge is -2.31. The van der Waals surface area contributed by atoms with Crippen LogP contribution in [0, 0.1) is 12.7 Å². The molecule has 0 saturated heterocycles. The lowest BCUT2D eigenvalue weighted by molar-refractivity contribution is -0.265. The summed E-state index contributed by atoms with van der Waals surface area (Å²) in [5, 5.41) is 13.8. The number of ether oxygens (including phenoxy) is 2. The highest BCUT2D eigenvalue weighted by atomic mass is 19.4. The van der Waals surface area contributed by atoms with Gasteiger partial charge < -0.3 is 19.9 Å². The molecule has 226 valence electrons. The summed E-state index contributed by atoms with van der Waals surface area (Å²) in [5.41, 5.74) is -6.17. The number of halogens is 6. The normalized spacial score (nSPS) is 15.5. The van der Waals surface area contributed by atoms with Gasteiger partial charge in [0.25, 0.3) is 5.91 Å². The molecule has 3 heterocycles. The SMILES string of the molecule is COc1cc(C(=O)NCC(O)(c2cc3c(c(-c4ccc(F)cc4)n2)OCC3(CF)CF)C(F)(F)F)cc2cc(C)cnc12. The molecule has 0 radical (unpaired) electrons. The van der Waals surface area contributed by atoms with Crippen LogP contribution in [-0.4, -0.2) is 60.8 Å². The second-order valence-corrected chi connectivity index (χ2v) is 10.4. The van der Waals surface area contributed by atoms with Gasteiger partial charge in [-0.05, 0) is 61.0 Å². The third-order valence-corrected chi connectivity index (χ3v) is 7.43. The molecule has 7 nitrogen and oxygen atoms in total. The molecule has 1 unspecified atom stereocenters. The Balaban J connectivity index is 1.58. The molecule has 0 fully saturated rings. The van der Waals surface area contributed by atoms with Crippen LogP contribution in [0.4, 0.5) is 26.3 Å². The van der Waals surface area contributed by atoms with Crippen LogP contribution in [0.5, 0.6) is 11.5 Å². The number of carbonyl (C=O) groups is 1. The van der Waals surface area contributed by atoms with Gasteiger partial charge in [0, 0.05) is 28.3 Å². The van der Waals surface area contributed by atoms with E-state index in [4.69, 9.17) is 9.47 Å². The Bertz CT molecular complexity index is 1690. The molecular weight excluding hydrogens is 580 g/mol. The summed E-state index contributed by atoms with van der Waals surface area (Å²) < 4.78 is 96.6. The van der Waals surface area contributed by atoms with Crippen LogP contribution in [0.1, 0.15) is 27.2 Å². The zero-order chi connectivity index (χ0) is 31.2. The van der Waals surface area contributed by atoms with E-state index in [1.165, 1.54) is 31.4 Å². The average molecular weight is 606 g/mol. The fourth-order valence-electron chi connectivity index (χ4n) is 4.89. The summed E-state index contributed by atoms with van der Waals surface area (Å²) in [6, 6.07) is 9.60. The second-order valence-electron chi connectivity index (χ2n) is 10.4. The number of aliphatic hydroxyl groups is 1. The lowest BCUT2D eigenvalue weighted by atomic mass is 9.82. The Morgan fingerprint density at radius 2 is 1.81 bits per heavy atom. The molecule has 0 bridgehead atoms. The highest BCUT2D eigenvalue weighted by Crippen LogP contribution is 2.48. The van der Waals surface area contributed by atoms with Crippen LogP contribution in [0.25, 0.3) is 22.2 Å². The van der Waals surface area contributed by atoms with Gasteiger partial charge in [0.1, 0.15) is 48.5 Å². The van der Waals surface area contributed by atoms with Crippen molar-refractivity contribution < 1.29 is 45.7 Å². The fraction of sp³-hybridized carbons (Fsp3) is 0.300. The zero-order valence-electron chi connectivity index (χ0n) is 22.9. The van der Waals surface area contributed by atoms with Gasteiger partial charge in [0.2, 0.25) is 5.60 Å². The standard InChI is InChI=1S/C30H25F6N3O4/c1-16-7-18-8-19(9-22(42-2)24(18)37-11-16)27(40)38-14-29(41,30(34,35)36)23-10-21-26(43-15-28(21,12-31)13-32)25(39-23)17-3-5-20(33)6-4-17/h3-11,41H,12-15H2,1-2H3,(H,38,40). The number of methoxy groups -OCH3 is 1. The van der Waals surface area contributed by atoms with E-state index in [-0.39, 0.29) is 33.9 Å². The van der Waals surface area contributed by atoms with Gasteiger partial charge in [0.15, 0.2) is 0 Å². The molecular formula is C30H25F6N3O4. The van der Waals surface area contributed by atoms with E-state index >= 15 is 0 Å². The molecule has 13 heteroatoms. The fourth-order valence-corrected chi connectivity index (χ4v) is 4.89.